The molecule has 0 amide bonds. The second kappa shape index (κ2) is 3.51. The smallest absolute Gasteiger partial charge is 0.171 e. The second-order valence-electron chi connectivity index (χ2n) is 3.79. The minimum absolute atomic E-state index is 0.597. The van der Waals surface area contributed by atoms with E-state index in [2.05, 4.69) is 20.2 Å². The molecule has 0 aliphatic carbocycles. The lowest BCUT2D eigenvalue weighted by molar-refractivity contribution is 1.04. The Labute approximate surface area is 97.2 Å². The molecule has 0 saturated heterocycles. The molecule has 0 fully saturated rings. The summed E-state index contributed by atoms with van der Waals surface area (Å²) in [6.07, 6.45) is 4.99. The average molecular weight is 226 g/mol. The van der Waals surface area contributed by atoms with E-state index in [1.807, 2.05) is 23.5 Å². The second-order valence-corrected chi connectivity index (χ2v) is 3.79. The van der Waals surface area contributed by atoms with Crippen LogP contribution in [-0.2, 0) is 0 Å². The summed E-state index contributed by atoms with van der Waals surface area (Å²) in [6.45, 7) is 1.91. The largest absolute Gasteiger partial charge is 0.397 e. The number of nitrogens with zero attached hydrogens (tertiary/aromatic N) is 5. The highest BCUT2D eigenvalue weighted by Crippen LogP contribution is 2.18. The minimum Gasteiger partial charge on any atom is -0.397 e. The predicted molar refractivity (Wildman–Crippen MR) is 63.2 cm³/mol. The Hall–Kier alpha value is -2.50. The lowest BCUT2D eigenvalue weighted by Gasteiger charge is -2.00. The molecule has 0 radical (unpaired) electrons. The van der Waals surface area contributed by atoms with E-state index in [1.165, 1.54) is 0 Å². The summed E-state index contributed by atoms with van der Waals surface area (Å²) in [7, 11) is 0. The van der Waals surface area contributed by atoms with Gasteiger partial charge in [-0.1, -0.05) is 0 Å². The van der Waals surface area contributed by atoms with Crippen molar-refractivity contribution in [3.05, 3.63) is 36.5 Å². The summed E-state index contributed by atoms with van der Waals surface area (Å²) in [4.78, 5) is 8.26. The minimum atomic E-state index is 0.597. The third kappa shape index (κ3) is 1.59. The van der Waals surface area contributed by atoms with Crippen LogP contribution in [0.1, 0.15) is 5.69 Å². The molecular weight excluding hydrogens is 216 g/mol. The lowest BCUT2D eigenvalue weighted by Crippen LogP contribution is -1.94. The number of nitrogen functional groups attached to an aromatic ring is 1. The fourth-order valence-corrected chi connectivity index (χ4v) is 1.67. The SMILES string of the molecule is Cc1cc2nnc(-c3cncc(N)c3)n2cn1. The van der Waals surface area contributed by atoms with Crippen LogP contribution < -0.4 is 5.73 Å². The van der Waals surface area contributed by atoms with Gasteiger partial charge in [0.1, 0.15) is 6.33 Å². The first-order valence-corrected chi connectivity index (χ1v) is 5.12. The Morgan fingerprint density at radius 3 is 2.88 bits per heavy atom. The molecule has 3 aromatic rings. The maximum Gasteiger partial charge on any atom is 0.171 e. The van der Waals surface area contributed by atoms with Crippen LogP contribution in [0, 0.1) is 6.92 Å². The molecular formula is C11H10N6. The molecule has 3 aromatic heterocycles. The monoisotopic (exact) mass is 226 g/mol. The first kappa shape index (κ1) is 9.71. The summed E-state index contributed by atoms with van der Waals surface area (Å²) in [5.74, 6) is 0.687. The van der Waals surface area contributed by atoms with Crippen LogP contribution in [-0.4, -0.2) is 24.6 Å². The summed E-state index contributed by atoms with van der Waals surface area (Å²) < 4.78 is 1.81. The molecule has 6 heteroatoms. The molecule has 0 aromatic carbocycles. The molecule has 2 N–H and O–H groups in total. The van der Waals surface area contributed by atoms with E-state index >= 15 is 0 Å². The van der Waals surface area contributed by atoms with Crippen molar-refractivity contribution in [2.45, 2.75) is 6.92 Å². The van der Waals surface area contributed by atoms with Crippen LogP contribution in [0.3, 0.4) is 0 Å². The van der Waals surface area contributed by atoms with E-state index in [-0.39, 0.29) is 0 Å². The van der Waals surface area contributed by atoms with E-state index in [0.717, 1.165) is 16.9 Å². The van der Waals surface area contributed by atoms with Crippen molar-refractivity contribution >= 4 is 11.3 Å². The van der Waals surface area contributed by atoms with Gasteiger partial charge >= 0.3 is 0 Å². The van der Waals surface area contributed by atoms with Crippen LogP contribution in [0.15, 0.2) is 30.9 Å². The molecule has 0 unspecified atom stereocenters. The molecule has 0 aliphatic rings. The molecule has 3 rings (SSSR count). The summed E-state index contributed by atoms with van der Waals surface area (Å²) in [5, 5.41) is 8.22. The van der Waals surface area contributed by atoms with Gasteiger partial charge in [0, 0.05) is 29.7 Å². The van der Waals surface area contributed by atoms with E-state index in [1.54, 1.807) is 18.7 Å². The lowest BCUT2D eigenvalue weighted by atomic mass is 10.2. The van der Waals surface area contributed by atoms with Gasteiger partial charge in [0.2, 0.25) is 0 Å². The van der Waals surface area contributed by atoms with Gasteiger partial charge in [-0.05, 0) is 13.0 Å². The van der Waals surface area contributed by atoms with E-state index in [0.29, 0.717) is 11.5 Å². The van der Waals surface area contributed by atoms with E-state index in [9.17, 15) is 0 Å². The van der Waals surface area contributed by atoms with Crippen molar-refractivity contribution in [1.82, 2.24) is 24.6 Å². The van der Waals surface area contributed by atoms with Crippen LogP contribution >= 0.6 is 0 Å². The van der Waals surface area contributed by atoms with Gasteiger partial charge in [-0.2, -0.15) is 0 Å². The fraction of sp³-hybridized carbons (Fsp3) is 0.0909. The Balaban J connectivity index is 2.24. The third-order valence-electron chi connectivity index (χ3n) is 2.45. The van der Waals surface area contributed by atoms with Gasteiger partial charge in [0.05, 0.1) is 5.69 Å². The van der Waals surface area contributed by atoms with Gasteiger partial charge in [-0.3, -0.25) is 9.38 Å². The standard InChI is InChI=1S/C11H10N6/c1-7-2-10-15-16-11(17(10)6-14-7)8-3-9(12)5-13-4-8/h2-6H,12H2,1H3. The Morgan fingerprint density at radius 2 is 2.06 bits per heavy atom. The van der Waals surface area contributed by atoms with Gasteiger partial charge in [0.25, 0.3) is 0 Å². The topological polar surface area (TPSA) is 82.0 Å². The van der Waals surface area contributed by atoms with E-state index < -0.39 is 0 Å². The molecule has 0 aliphatic heterocycles. The van der Waals surface area contributed by atoms with Crippen LogP contribution in [0.2, 0.25) is 0 Å². The summed E-state index contributed by atoms with van der Waals surface area (Å²) in [6, 6.07) is 3.68. The molecule has 17 heavy (non-hydrogen) atoms. The predicted octanol–water partition coefficient (Wildman–Crippen LogP) is 1.08. The molecule has 0 spiro atoms. The Morgan fingerprint density at radius 1 is 1.18 bits per heavy atom. The van der Waals surface area contributed by atoms with Crippen LogP contribution in [0.25, 0.3) is 17.0 Å². The number of hydrogen-bond donors (Lipinski definition) is 1. The number of nitrogens with two attached hydrogens (primary N) is 1. The summed E-state index contributed by atoms with van der Waals surface area (Å²) >= 11 is 0. The number of anilines is 1. The molecule has 0 bridgehead atoms. The maximum atomic E-state index is 5.70. The molecule has 0 saturated carbocycles. The number of aryl methyl sites for hydroxylation is 1. The van der Waals surface area contributed by atoms with Gasteiger partial charge in [-0.15, -0.1) is 10.2 Å². The third-order valence-corrected chi connectivity index (χ3v) is 2.45. The Kier molecular flexibility index (Phi) is 2.01. The normalized spacial score (nSPS) is 10.9. The van der Waals surface area contributed by atoms with Gasteiger partial charge < -0.3 is 5.73 Å². The van der Waals surface area contributed by atoms with Crippen LogP contribution in [0.5, 0.6) is 0 Å². The first-order chi connectivity index (χ1) is 8.24. The molecule has 3 heterocycles. The zero-order valence-corrected chi connectivity index (χ0v) is 9.20. The van der Waals surface area contributed by atoms with Crippen molar-refractivity contribution in [3.63, 3.8) is 0 Å². The number of hydrogen-bond acceptors (Lipinski definition) is 5. The number of fused-ring (bicyclic) bond motifs is 1. The van der Waals surface area contributed by atoms with Crippen molar-refractivity contribution in [2.24, 2.45) is 0 Å². The highest BCUT2D eigenvalue weighted by molar-refractivity contribution is 5.62. The number of aromatic nitrogens is 5. The van der Waals surface area contributed by atoms with E-state index in [4.69, 9.17) is 5.73 Å². The molecule has 84 valence electrons. The van der Waals surface area contributed by atoms with Crippen molar-refractivity contribution in [2.75, 3.05) is 5.73 Å². The highest BCUT2D eigenvalue weighted by Gasteiger charge is 2.08. The van der Waals surface area contributed by atoms with Gasteiger partial charge in [0.15, 0.2) is 11.5 Å². The highest BCUT2D eigenvalue weighted by atomic mass is 15.3. The quantitative estimate of drug-likeness (QED) is 0.671. The van der Waals surface area contributed by atoms with Crippen molar-refractivity contribution in [1.29, 1.82) is 0 Å². The van der Waals surface area contributed by atoms with Crippen molar-refractivity contribution < 1.29 is 0 Å². The first-order valence-electron chi connectivity index (χ1n) is 5.12. The van der Waals surface area contributed by atoms with Gasteiger partial charge in [-0.25, -0.2) is 4.98 Å². The zero-order valence-electron chi connectivity index (χ0n) is 9.20. The summed E-state index contributed by atoms with van der Waals surface area (Å²) in [5.41, 5.74) is 8.78. The zero-order chi connectivity index (χ0) is 11.8. The number of rotatable bonds is 1. The van der Waals surface area contributed by atoms with Crippen molar-refractivity contribution in [3.8, 4) is 11.4 Å². The maximum absolute atomic E-state index is 5.70. The number of pyridine rings is 1. The fourth-order valence-electron chi connectivity index (χ4n) is 1.67. The molecule has 0 atom stereocenters. The van der Waals surface area contributed by atoms with Crippen LogP contribution in [0.4, 0.5) is 5.69 Å². The Bertz CT molecular complexity index is 687. The average Bonchev–Trinajstić information content (AvgIpc) is 2.71. The molecule has 6 nitrogen and oxygen atoms in total.